The number of carbonyl (C=O) groups is 5. The summed E-state index contributed by atoms with van der Waals surface area (Å²) >= 11 is 3.24. The smallest absolute Gasteiger partial charge is 0.341 e. The molecule has 2 N–H and O–H groups in total. The van der Waals surface area contributed by atoms with Crippen molar-refractivity contribution in [1.82, 2.24) is 5.32 Å². The highest BCUT2D eigenvalue weighted by molar-refractivity contribution is 9.10. The minimum atomic E-state index is -1.14. The average Bonchev–Trinajstić information content (AvgIpc) is 2.75. The molecule has 2 aromatic carbocycles. The molecule has 0 atom stereocenters. The Hall–Kier alpha value is -3.99. The van der Waals surface area contributed by atoms with Crippen molar-refractivity contribution in [2.75, 3.05) is 18.6 Å². The summed E-state index contributed by atoms with van der Waals surface area (Å²) in [6, 6.07) is 9.10. The molecular weight excluding hydrogens is 488 g/mol. The van der Waals surface area contributed by atoms with Gasteiger partial charge in [0.25, 0.3) is 11.8 Å². The number of esters is 1. The Morgan fingerprint density at radius 1 is 1.12 bits per heavy atom. The first-order valence-electron chi connectivity index (χ1n) is 8.95. The second-order valence-electron chi connectivity index (χ2n) is 6.37. The monoisotopic (exact) mass is 502 g/mol. The average molecular weight is 503 g/mol. The highest BCUT2D eigenvalue weighted by Crippen LogP contribution is 2.28. The van der Waals surface area contributed by atoms with Crippen LogP contribution in [-0.4, -0.2) is 48.6 Å². The lowest BCUT2D eigenvalue weighted by molar-refractivity contribution is -0.139. The maximum absolute atomic E-state index is 12.9. The maximum atomic E-state index is 12.9. The van der Waals surface area contributed by atoms with Crippen molar-refractivity contribution in [2.45, 2.75) is 0 Å². The lowest BCUT2D eigenvalue weighted by Gasteiger charge is -2.26. The molecule has 0 spiro atoms. The molecule has 0 bridgehead atoms. The summed E-state index contributed by atoms with van der Waals surface area (Å²) in [4.78, 5) is 60.5. The molecule has 1 aliphatic heterocycles. The summed E-state index contributed by atoms with van der Waals surface area (Å²) in [5, 5.41) is 10.8. The molecule has 1 saturated heterocycles. The number of amides is 4. The molecule has 11 heteroatoms. The van der Waals surface area contributed by atoms with Gasteiger partial charge in [-0.05, 0) is 64.0 Å². The Labute approximate surface area is 189 Å². The number of barbiturate groups is 1. The normalized spacial score (nSPS) is 14.9. The fraction of sp³-hybridized carbons (Fsp3) is 0.0952. The molecule has 164 valence electrons. The predicted molar refractivity (Wildman–Crippen MR) is 114 cm³/mol. The zero-order valence-electron chi connectivity index (χ0n) is 16.5. The van der Waals surface area contributed by atoms with E-state index in [9.17, 15) is 24.0 Å². The van der Waals surface area contributed by atoms with Crippen molar-refractivity contribution in [3.05, 3.63) is 63.6 Å². The molecule has 0 radical (unpaired) electrons. The predicted octanol–water partition coefficient (Wildman–Crippen LogP) is 2.37. The van der Waals surface area contributed by atoms with Crippen LogP contribution in [0.5, 0.6) is 5.75 Å². The first-order valence-corrected chi connectivity index (χ1v) is 9.74. The summed E-state index contributed by atoms with van der Waals surface area (Å²) in [5.74, 6) is -3.19. The fourth-order valence-corrected chi connectivity index (χ4v) is 3.30. The van der Waals surface area contributed by atoms with Gasteiger partial charge >= 0.3 is 18.0 Å². The number of methoxy groups -OCH3 is 1. The SMILES string of the molecule is COC(=O)c1ccc(N2C(=O)NC(=O)/C(=C\c3ccc(OCC(=O)O)c(Br)c3)C2=O)cc1. The number of rotatable bonds is 6. The minimum absolute atomic E-state index is 0.150. The lowest BCUT2D eigenvalue weighted by atomic mass is 10.1. The summed E-state index contributed by atoms with van der Waals surface area (Å²) < 4.78 is 10.1. The van der Waals surface area contributed by atoms with E-state index in [4.69, 9.17) is 9.84 Å². The van der Waals surface area contributed by atoms with E-state index in [-0.39, 0.29) is 22.6 Å². The number of benzene rings is 2. The van der Waals surface area contributed by atoms with Crippen LogP contribution < -0.4 is 15.0 Å². The number of nitrogens with one attached hydrogen (secondary N) is 1. The standard InChI is InChI=1S/C21H15BrN2O8/c1-31-20(29)12-3-5-13(6-4-12)24-19(28)14(18(27)23-21(24)30)8-11-2-7-16(15(22)9-11)32-10-17(25)26/h2-9H,10H2,1H3,(H,25,26)(H,23,27,30)/b14-8+. The third-order valence-electron chi connectivity index (χ3n) is 4.27. The molecule has 2 aromatic rings. The molecule has 0 aliphatic carbocycles. The number of nitrogens with zero attached hydrogens (tertiary/aromatic N) is 1. The maximum Gasteiger partial charge on any atom is 0.341 e. The van der Waals surface area contributed by atoms with E-state index in [1.807, 2.05) is 0 Å². The van der Waals surface area contributed by atoms with E-state index in [1.54, 1.807) is 0 Å². The van der Waals surface area contributed by atoms with Crippen molar-refractivity contribution < 1.29 is 38.6 Å². The number of aliphatic carboxylic acids is 1. The molecule has 1 aliphatic rings. The first-order chi connectivity index (χ1) is 15.2. The van der Waals surface area contributed by atoms with Crippen molar-refractivity contribution in [1.29, 1.82) is 0 Å². The highest BCUT2D eigenvalue weighted by Gasteiger charge is 2.36. The van der Waals surface area contributed by atoms with Gasteiger partial charge in [-0.3, -0.25) is 14.9 Å². The van der Waals surface area contributed by atoms with Crippen LogP contribution in [0.4, 0.5) is 10.5 Å². The van der Waals surface area contributed by atoms with Gasteiger partial charge in [0.15, 0.2) is 6.61 Å². The van der Waals surface area contributed by atoms with E-state index in [2.05, 4.69) is 26.0 Å². The number of carboxylic acid groups (broad SMARTS) is 1. The van der Waals surface area contributed by atoms with Crippen molar-refractivity contribution >= 4 is 57.5 Å². The Kier molecular flexibility index (Phi) is 6.69. The number of halogens is 1. The minimum Gasteiger partial charge on any atom is -0.481 e. The number of urea groups is 1. The third kappa shape index (κ3) is 4.83. The number of carbonyl (C=O) groups excluding carboxylic acids is 4. The quantitative estimate of drug-likeness (QED) is 0.348. The molecular formula is C21H15BrN2O8. The van der Waals surface area contributed by atoms with E-state index < -0.39 is 36.4 Å². The van der Waals surface area contributed by atoms with Gasteiger partial charge in [0.1, 0.15) is 11.3 Å². The molecule has 32 heavy (non-hydrogen) atoms. The topological polar surface area (TPSA) is 139 Å². The van der Waals surface area contributed by atoms with Crippen LogP contribution in [0, 0.1) is 0 Å². The van der Waals surface area contributed by atoms with Crippen molar-refractivity contribution in [3.8, 4) is 5.75 Å². The van der Waals surface area contributed by atoms with Crippen LogP contribution in [0.2, 0.25) is 0 Å². The second-order valence-corrected chi connectivity index (χ2v) is 7.22. The lowest BCUT2D eigenvalue weighted by Crippen LogP contribution is -2.54. The van der Waals surface area contributed by atoms with E-state index >= 15 is 0 Å². The number of imide groups is 2. The van der Waals surface area contributed by atoms with E-state index in [0.717, 1.165) is 4.90 Å². The van der Waals surface area contributed by atoms with Gasteiger partial charge in [-0.15, -0.1) is 0 Å². The van der Waals surface area contributed by atoms with Gasteiger partial charge in [0.05, 0.1) is 22.8 Å². The van der Waals surface area contributed by atoms with E-state index in [0.29, 0.717) is 10.0 Å². The number of anilines is 1. The van der Waals surface area contributed by atoms with Crippen LogP contribution in [0.15, 0.2) is 52.5 Å². The van der Waals surface area contributed by atoms with E-state index in [1.165, 1.54) is 55.7 Å². The molecule has 0 unspecified atom stereocenters. The first kappa shape index (κ1) is 22.7. The van der Waals surface area contributed by atoms with Gasteiger partial charge in [-0.1, -0.05) is 6.07 Å². The van der Waals surface area contributed by atoms with Crippen LogP contribution in [0.1, 0.15) is 15.9 Å². The van der Waals surface area contributed by atoms with Crippen LogP contribution >= 0.6 is 15.9 Å². The fourth-order valence-electron chi connectivity index (χ4n) is 2.79. The van der Waals surface area contributed by atoms with Crippen molar-refractivity contribution in [3.63, 3.8) is 0 Å². The zero-order chi connectivity index (χ0) is 23.4. The van der Waals surface area contributed by atoms with Gasteiger partial charge in [0.2, 0.25) is 0 Å². The number of hydrogen-bond donors (Lipinski definition) is 2. The number of carboxylic acids is 1. The molecule has 4 amide bonds. The molecule has 10 nitrogen and oxygen atoms in total. The summed E-state index contributed by atoms with van der Waals surface area (Å²) in [6.45, 7) is -0.536. The zero-order valence-corrected chi connectivity index (χ0v) is 18.0. The van der Waals surface area contributed by atoms with Crippen LogP contribution in [0.25, 0.3) is 6.08 Å². The third-order valence-corrected chi connectivity index (χ3v) is 4.89. The van der Waals surface area contributed by atoms with Gasteiger partial charge < -0.3 is 14.6 Å². The van der Waals surface area contributed by atoms with Gasteiger partial charge in [0, 0.05) is 0 Å². The molecule has 1 fully saturated rings. The largest absolute Gasteiger partial charge is 0.481 e. The Bertz CT molecular complexity index is 1160. The Morgan fingerprint density at radius 2 is 1.81 bits per heavy atom. The second kappa shape index (κ2) is 9.43. The Morgan fingerprint density at radius 3 is 2.41 bits per heavy atom. The highest BCUT2D eigenvalue weighted by atomic mass is 79.9. The summed E-state index contributed by atoms with van der Waals surface area (Å²) in [5.41, 5.74) is 0.501. The summed E-state index contributed by atoms with van der Waals surface area (Å²) in [6.07, 6.45) is 1.28. The molecule has 0 saturated carbocycles. The molecule has 3 rings (SSSR count). The number of ether oxygens (including phenoxy) is 2. The summed E-state index contributed by atoms with van der Waals surface area (Å²) in [7, 11) is 1.23. The molecule has 1 heterocycles. The van der Waals surface area contributed by atoms with Crippen LogP contribution in [-0.2, 0) is 19.1 Å². The van der Waals surface area contributed by atoms with Crippen LogP contribution in [0.3, 0.4) is 0 Å². The van der Waals surface area contributed by atoms with Gasteiger partial charge in [-0.2, -0.15) is 0 Å². The van der Waals surface area contributed by atoms with Crippen molar-refractivity contribution in [2.24, 2.45) is 0 Å². The number of hydrogen-bond acceptors (Lipinski definition) is 7. The molecule has 0 aromatic heterocycles. The van der Waals surface area contributed by atoms with Gasteiger partial charge in [-0.25, -0.2) is 19.3 Å². The Balaban J connectivity index is 1.89.